The van der Waals surface area contributed by atoms with Crippen molar-refractivity contribution in [3.63, 3.8) is 0 Å². The van der Waals surface area contributed by atoms with Gasteiger partial charge in [-0.15, -0.1) is 0 Å². The number of aliphatic hydroxyl groups is 1. The number of ketones is 1. The van der Waals surface area contributed by atoms with Crippen molar-refractivity contribution < 1.29 is 19.5 Å². The lowest BCUT2D eigenvalue weighted by Crippen LogP contribution is -2.38. The van der Waals surface area contributed by atoms with Crippen LogP contribution < -0.4 is 10.6 Å². The van der Waals surface area contributed by atoms with Gasteiger partial charge in [-0.1, -0.05) is 37.1 Å². The van der Waals surface area contributed by atoms with Gasteiger partial charge in [0.1, 0.15) is 5.69 Å². The Kier molecular flexibility index (Phi) is 7.40. The number of nitrogens with one attached hydrogen (secondary N) is 3. The summed E-state index contributed by atoms with van der Waals surface area (Å²) in [5.74, 6) is -1.34. The number of Topliss-reactive ketones (excluding diaryl/α,β-unsaturated/α-hetero) is 1. The number of amides is 2. The zero-order valence-electron chi connectivity index (χ0n) is 19.9. The molecule has 1 aromatic carbocycles. The summed E-state index contributed by atoms with van der Waals surface area (Å²) in [6, 6.07) is 9.35. The van der Waals surface area contributed by atoms with E-state index in [-0.39, 0.29) is 17.6 Å². The van der Waals surface area contributed by atoms with E-state index >= 15 is 0 Å². The van der Waals surface area contributed by atoms with E-state index in [4.69, 9.17) is 5.11 Å². The number of aryl methyl sites for hydroxylation is 1. The van der Waals surface area contributed by atoms with Crippen LogP contribution >= 0.6 is 0 Å². The molecule has 2 aromatic heterocycles. The zero-order valence-corrected chi connectivity index (χ0v) is 19.9. The monoisotopic (exact) mass is 478 g/mol. The van der Waals surface area contributed by atoms with Crippen LogP contribution in [0.15, 0.2) is 36.5 Å². The minimum absolute atomic E-state index is 0.0191. The van der Waals surface area contributed by atoms with Crippen LogP contribution in [0.3, 0.4) is 0 Å². The highest BCUT2D eigenvalue weighted by Gasteiger charge is 2.37. The average Bonchev–Trinajstić information content (AvgIpc) is 3.52. The first kappa shape index (κ1) is 24.3. The number of carbonyl (C=O) groups is 3. The molecule has 1 fully saturated rings. The van der Waals surface area contributed by atoms with Gasteiger partial charge in [0.15, 0.2) is 5.78 Å². The minimum Gasteiger partial charge on any atom is -0.400 e. The number of hydrogen-bond acceptors (Lipinski definition) is 6. The topological polar surface area (TPSA) is 142 Å². The molecule has 10 nitrogen and oxygen atoms in total. The number of nitrogens with zero attached hydrogens (tertiary/aromatic N) is 3. The summed E-state index contributed by atoms with van der Waals surface area (Å²) in [6.07, 6.45) is 4.63. The first-order valence-corrected chi connectivity index (χ1v) is 11.8. The van der Waals surface area contributed by atoms with Gasteiger partial charge in [-0.3, -0.25) is 24.2 Å². The summed E-state index contributed by atoms with van der Waals surface area (Å²) in [6.45, 7) is 3.02. The molecule has 0 spiro atoms. The zero-order chi connectivity index (χ0) is 24.9. The normalized spacial score (nSPS) is 19.1. The summed E-state index contributed by atoms with van der Waals surface area (Å²) in [7, 11) is 1.00. The van der Waals surface area contributed by atoms with Crippen molar-refractivity contribution >= 4 is 23.3 Å². The van der Waals surface area contributed by atoms with Crippen LogP contribution in [0.1, 0.15) is 52.2 Å². The third-order valence-electron chi connectivity index (χ3n) is 6.53. The van der Waals surface area contributed by atoms with E-state index < -0.39 is 11.8 Å². The van der Waals surface area contributed by atoms with Gasteiger partial charge < -0.3 is 15.7 Å². The molecule has 35 heavy (non-hydrogen) atoms. The number of H-pyrrole nitrogens is 1. The SMILES string of the molecule is CO.Cc1cc(-c2ccc(C(=O)[C@@H]3CCCC[C@H]3C(=O)Nc3cnn4c3C(=O)NCC4)cc2)n[nH]1. The molecule has 2 atom stereocenters. The highest BCUT2D eigenvalue weighted by atomic mass is 16.2. The number of anilines is 1. The van der Waals surface area contributed by atoms with Gasteiger partial charge in [-0.05, 0) is 25.8 Å². The van der Waals surface area contributed by atoms with Crippen LogP contribution in [0, 0.1) is 18.8 Å². The second-order valence-corrected chi connectivity index (χ2v) is 8.75. The molecule has 0 radical (unpaired) electrons. The molecule has 0 unspecified atom stereocenters. The standard InChI is InChI=1S/C24H26N6O3.CH4O/c1-14-12-19(29-28-14)15-6-8-16(9-7-15)22(31)17-4-2-3-5-18(17)23(32)27-20-13-26-30-11-10-25-24(33)21(20)30;1-2/h6-9,12-13,17-18H,2-5,10-11H2,1H3,(H,25,33)(H,27,32)(H,28,29);2H,1H3/t17-,18-;/m1./s1. The Balaban J connectivity index is 0.00000141. The van der Waals surface area contributed by atoms with Crippen molar-refractivity contribution in [1.29, 1.82) is 0 Å². The average molecular weight is 479 g/mol. The first-order chi connectivity index (χ1) is 17.0. The molecule has 1 aliphatic carbocycles. The fourth-order valence-corrected chi connectivity index (χ4v) is 4.81. The molecule has 10 heteroatoms. The van der Waals surface area contributed by atoms with Crippen molar-refractivity contribution in [2.75, 3.05) is 19.0 Å². The Morgan fingerprint density at radius 3 is 2.51 bits per heavy atom. The lowest BCUT2D eigenvalue weighted by atomic mass is 9.75. The number of aliphatic hydroxyl groups excluding tert-OH is 1. The molecular formula is C25H30N6O4. The molecule has 3 aromatic rings. The predicted molar refractivity (Wildman–Crippen MR) is 130 cm³/mol. The summed E-state index contributed by atoms with van der Waals surface area (Å²) >= 11 is 0. The number of benzene rings is 1. The minimum atomic E-state index is -0.442. The lowest BCUT2D eigenvalue weighted by molar-refractivity contribution is -0.122. The second kappa shape index (κ2) is 10.6. The third kappa shape index (κ3) is 5.02. The van der Waals surface area contributed by atoms with E-state index in [1.165, 1.54) is 6.20 Å². The van der Waals surface area contributed by atoms with E-state index in [1.54, 1.807) is 4.68 Å². The van der Waals surface area contributed by atoms with Gasteiger partial charge >= 0.3 is 0 Å². The maximum absolute atomic E-state index is 13.4. The Labute approximate surface area is 203 Å². The van der Waals surface area contributed by atoms with Crippen molar-refractivity contribution in [2.24, 2.45) is 11.8 Å². The fourth-order valence-electron chi connectivity index (χ4n) is 4.81. The van der Waals surface area contributed by atoms with Crippen LogP contribution in [0.25, 0.3) is 11.3 Å². The number of aromatic nitrogens is 4. The lowest BCUT2D eigenvalue weighted by Gasteiger charge is -2.29. The van der Waals surface area contributed by atoms with Gasteiger partial charge in [0.2, 0.25) is 5.91 Å². The first-order valence-electron chi connectivity index (χ1n) is 11.8. The van der Waals surface area contributed by atoms with Crippen LogP contribution in [0.4, 0.5) is 5.69 Å². The molecule has 2 aliphatic rings. The molecule has 4 N–H and O–H groups in total. The van der Waals surface area contributed by atoms with Crippen LogP contribution in [-0.4, -0.2) is 56.3 Å². The molecule has 1 aliphatic heterocycles. The molecule has 1 saturated carbocycles. The number of rotatable bonds is 5. The van der Waals surface area contributed by atoms with Gasteiger partial charge in [-0.2, -0.15) is 10.2 Å². The second-order valence-electron chi connectivity index (χ2n) is 8.75. The largest absolute Gasteiger partial charge is 0.400 e. The van der Waals surface area contributed by atoms with E-state index in [1.807, 2.05) is 37.3 Å². The van der Waals surface area contributed by atoms with Crippen LogP contribution in [0.2, 0.25) is 0 Å². The van der Waals surface area contributed by atoms with E-state index in [0.717, 1.165) is 36.9 Å². The molecule has 184 valence electrons. The Morgan fingerprint density at radius 2 is 1.83 bits per heavy atom. The van der Waals surface area contributed by atoms with E-state index in [0.29, 0.717) is 42.9 Å². The number of fused-ring (bicyclic) bond motifs is 1. The van der Waals surface area contributed by atoms with Crippen molar-refractivity contribution in [3.05, 3.63) is 53.5 Å². The molecule has 0 saturated heterocycles. The Bertz CT molecular complexity index is 1210. The quantitative estimate of drug-likeness (QED) is 0.415. The highest BCUT2D eigenvalue weighted by molar-refractivity contribution is 6.06. The van der Waals surface area contributed by atoms with Crippen molar-refractivity contribution in [1.82, 2.24) is 25.3 Å². The molecule has 3 heterocycles. The summed E-state index contributed by atoms with van der Waals surface area (Å²) in [4.78, 5) is 38.8. The summed E-state index contributed by atoms with van der Waals surface area (Å²) in [5.41, 5.74) is 4.08. The van der Waals surface area contributed by atoms with E-state index in [2.05, 4.69) is 25.9 Å². The number of carbonyl (C=O) groups excluding carboxylic acids is 3. The van der Waals surface area contributed by atoms with Gasteiger partial charge in [-0.25, -0.2) is 0 Å². The van der Waals surface area contributed by atoms with Crippen LogP contribution in [0.5, 0.6) is 0 Å². The van der Waals surface area contributed by atoms with E-state index in [9.17, 15) is 14.4 Å². The van der Waals surface area contributed by atoms with Crippen molar-refractivity contribution in [3.8, 4) is 11.3 Å². The third-order valence-corrected chi connectivity index (χ3v) is 6.53. The maximum atomic E-state index is 13.4. The molecule has 0 bridgehead atoms. The molecular weight excluding hydrogens is 448 g/mol. The Hall–Kier alpha value is -3.79. The predicted octanol–water partition coefficient (Wildman–Crippen LogP) is 2.56. The smallest absolute Gasteiger partial charge is 0.271 e. The molecule has 5 rings (SSSR count). The van der Waals surface area contributed by atoms with Crippen LogP contribution in [-0.2, 0) is 11.3 Å². The fraction of sp³-hybridized carbons (Fsp3) is 0.400. The Morgan fingerprint density at radius 1 is 1.11 bits per heavy atom. The summed E-state index contributed by atoms with van der Waals surface area (Å²) in [5, 5.41) is 24.0. The van der Waals surface area contributed by atoms with Gasteiger partial charge in [0.05, 0.1) is 24.1 Å². The summed E-state index contributed by atoms with van der Waals surface area (Å²) < 4.78 is 1.60. The molecule has 2 amide bonds. The van der Waals surface area contributed by atoms with Gasteiger partial charge in [0, 0.05) is 42.3 Å². The van der Waals surface area contributed by atoms with Crippen molar-refractivity contribution in [2.45, 2.75) is 39.2 Å². The number of aromatic amines is 1. The number of hydrogen-bond donors (Lipinski definition) is 4. The van der Waals surface area contributed by atoms with Gasteiger partial charge in [0.25, 0.3) is 5.91 Å². The highest BCUT2D eigenvalue weighted by Crippen LogP contribution is 2.34. The maximum Gasteiger partial charge on any atom is 0.271 e.